The van der Waals surface area contributed by atoms with Crippen LogP contribution in [0.4, 0.5) is 0 Å². The topological polar surface area (TPSA) is 87.8 Å². The van der Waals surface area contributed by atoms with Crippen molar-refractivity contribution in [2.24, 2.45) is 5.14 Å². The molecule has 0 unspecified atom stereocenters. The normalized spacial score (nSPS) is 9.62. The highest BCUT2D eigenvalue weighted by atomic mass is 32.2. The molecule has 0 saturated heterocycles. The van der Waals surface area contributed by atoms with Gasteiger partial charge in [0.15, 0.2) is 5.03 Å². The number of nitrogens with two attached hydrogens (primary N) is 1. The lowest BCUT2D eigenvalue weighted by Gasteiger charge is -1.82. The average Bonchev–Trinajstić information content (AvgIpc) is 2.14. The zero-order valence-corrected chi connectivity index (χ0v) is 4.64. The summed E-state index contributed by atoms with van der Waals surface area (Å²) in [6.45, 7) is 0. The fraction of sp³-hybridized carbons (Fsp3) is 0. The number of aromatic nitrogens is 3. The number of nitrogens with zero attached hydrogens (tertiary/aromatic N) is 2. The minimum atomic E-state index is -0.155. The molecule has 4 N–H and O–H groups in total. The van der Waals surface area contributed by atoms with Crippen molar-refractivity contribution in [3.8, 4) is 5.88 Å². The number of aromatic hydroxyl groups is 1. The van der Waals surface area contributed by atoms with Gasteiger partial charge in [-0.25, -0.2) is 5.10 Å². The van der Waals surface area contributed by atoms with E-state index < -0.39 is 0 Å². The van der Waals surface area contributed by atoms with E-state index in [9.17, 15) is 0 Å². The van der Waals surface area contributed by atoms with Crippen LogP contribution in [0.25, 0.3) is 0 Å². The third kappa shape index (κ3) is 0.749. The molecular weight excluding hydrogens is 128 g/mol. The summed E-state index contributed by atoms with van der Waals surface area (Å²) >= 11 is 0.872. The molecule has 0 atom stereocenters. The van der Waals surface area contributed by atoms with Crippen molar-refractivity contribution in [2.75, 3.05) is 0 Å². The van der Waals surface area contributed by atoms with Gasteiger partial charge in [-0.1, -0.05) is 10.3 Å². The Morgan fingerprint density at radius 1 is 1.75 bits per heavy atom. The summed E-state index contributed by atoms with van der Waals surface area (Å²) in [5.74, 6) is -0.155. The number of nitrogens with one attached hydrogen (secondary N) is 1. The highest BCUT2D eigenvalue weighted by Crippen LogP contribution is 2.16. The lowest BCUT2D eigenvalue weighted by Crippen LogP contribution is -1.78. The van der Waals surface area contributed by atoms with Crippen LogP contribution < -0.4 is 5.14 Å². The first-order valence-corrected chi connectivity index (χ1v) is 2.69. The second kappa shape index (κ2) is 2.01. The second-order valence-corrected chi connectivity index (χ2v) is 1.73. The Labute approximate surface area is 49.4 Å². The molecule has 0 saturated carbocycles. The Balaban J connectivity index is 2.92. The zero-order valence-electron chi connectivity index (χ0n) is 3.83. The second-order valence-electron chi connectivity index (χ2n) is 1.08. The van der Waals surface area contributed by atoms with Crippen molar-refractivity contribution in [1.82, 2.24) is 15.4 Å². The van der Waals surface area contributed by atoms with E-state index >= 15 is 0 Å². The monoisotopic (exact) mass is 132 g/mol. The Kier molecular flexibility index (Phi) is 1.36. The maximum atomic E-state index is 8.64. The van der Waals surface area contributed by atoms with Gasteiger partial charge in [0.1, 0.15) is 0 Å². The van der Waals surface area contributed by atoms with Crippen LogP contribution >= 0.6 is 11.9 Å². The van der Waals surface area contributed by atoms with Gasteiger partial charge >= 0.3 is 0 Å². The van der Waals surface area contributed by atoms with Crippen LogP contribution in [-0.4, -0.2) is 20.5 Å². The number of hydrogen-bond donors (Lipinski definition) is 3. The molecule has 1 aromatic heterocycles. The zero-order chi connectivity index (χ0) is 5.98. The van der Waals surface area contributed by atoms with E-state index in [4.69, 9.17) is 10.2 Å². The number of hydrogen-bond acceptors (Lipinski definition) is 5. The molecule has 6 heteroatoms. The van der Waals surface area contributed by atoms with Crippen molar-refractivity contribution < 1.29 is 5.11 Å². The molecular formula is C2H4N4OS. The van der Waals surface area contributed by atoms with Gasteiger partial charge in [-0.05, 0) is 11.9 Å². The standard InChI is InChI=1S/C2H4N4OS/c3-8-2-1(7)4-6-5-2/h3H2,(H2,4,5,6,7). The molecule has 0 bridgehead atoms. The van der Waals surface area contributed by atoms with Crippen LogP contribution in [0.1, 0.15) is 0 Å². The molecule has 1 rings (SSSR count). The molecule has 1 aromatic rings. The molecule has 0 amide bonds. The van der Waals surface area contributed by atoms with Crippen molar-refractivity contribution >= 4 is 11.9 Å². The maximum Gasteiger partial charge on any atom is 0.266 e. The van der Waals surface area contributed by atoms with Gasteiger partial charge in [-0.2, -0.15) is 0 Å². The molecule has 0 fully saturated rings. The fourth-order valence-corrected chi connectivity index (χ4v) is 0.532. The molecule has 0 aliphatic carbocycles. The molecule has 1 heterocycles. The van der Waals surface area contributed by atoms with E-state index in [2.05, 4.69) is 15.4 Å². The molecule has 44 valence electrons. The SMILES string of the molecule is NSc1[nH]nnc1O. The van der Waals surface area contributed by atoms with Crippen molar-refractivity contribution in [1.29, 1.82) is 0 Å². The molecule has 0 aliphatic heterocycles. The molecule has 0 radical (unpaired) electrons. The summed E-state index contributed by atoms with van der Waals surface area (Å²) in [6, 6.07) is 0. The molecule has 8 heavy (non-hydrogen) atoms. The van der Waals surface area contributed by atoms with E-state index in [1.54, 1.807) is 0 Å². The van der Waals surface area contributed by atoms with E-state index in [0.29, 0.717) is 5.03 Å². The van der Waals surface area contributed by atoms with Crippen LogP contribution in [0, 0.1) is 0 Å². The minimum Gasteiger partial charge on any atom is -0.490 e. The Bertz CT molecular complexity index is 174. The molecule has 5 nitrogen and oxygen atoms in total. The molecule has 0 aromatic carbocycles. The maximum absolute atomic E-state index is 8.64. The van der Waals surface area contributed by atoms with E-state index in [0.717, 1.165) is 11.9 Å². The van der Waals surface area contributed by atoms with Gasteiger partial charge in [0.05, 0.1) is 0 Å². The number of rotatable bonds is 1. The van der Waals surface area contributed by atoms with Crippen LogP contribution in [0.3, 0.4) is 0 Å². The predicted octanol–water partition coefficient (Wildman–Crippen LogP) is -0.524. The summed E-state index contributed by atoms with van der Waals surface area (Å²) in [5, 5.41) is 23.0. The lowest BCUT2D eigenvalue weighted by atomic mass is 10.9. The third-order valence-electron chi connectivity index (χ3n) is 0.617. The summed E-state index contributed by atoms with van der Waals surface area (Å²) in [6.07, 6.45) is 0. The smallest absolute Gasteiger partial charge is 0.266 e. The fourth-order valence-electron chi connectivity index (χ4n) is 0.292. The highest BCUT2D eigenvalue weighted by molar-refractivity contribution is 7.97. The third-order valence-corrected chi connectivity index (χ3v) is 1.13. The van der Waals surface area contributed by atoms with Crippen LogP contribution in [-0.2, 0) is 0 Å². The van der Waals surface area contributed by atoms with Crippen LogP contribution in [0.15, 0.2) is 5.03 Å². The first kappa shape index (κ1) is 5.39. The van der Waals surface area contributed by atoms with Gasteiger partial charge < -0.3 is 5.11 Å². The van der Waals surface area contributed by atoms with Gasteiger partial charge in [-0.3, -0.25) is 5.14 Å². The number of H-pyrrole nitrogens is 1. The first-order chi connectivity index (χ1) is 3.84. The predicted molar refractivity (Wildman–Crippen MR) is 28.1 cm³/mol. The Morgan fingerprint density at radius 2 is 2.50 bits per heavy atom. The van der Waals surface area contributed by atoms with Gasteiger partial charge in [0, 0.05) is 0 Å². The van der Waals surface area contributed by atoms with Crippen LogP contribution in [0.5, 0.6) is 5.88 Å². The largest absolute Gasteiger partial charge is 0.490 e. The van der Waals surface area contributed by atoms with Gasteiger partial charge in [-0.15, -0.1) is 0 Å². The van der Waals surface area contributed by atoms with E-state index in [1.807, 2.05) is 0 Å². The first-order valence-electron chi connectivity index (χ1n) is 1.81. The Morgan fingerprint density at radius 3 is 2.75 bits per heavy atom. The summed E-state index contributed by atoms with van der Waals surface area (Å²) < 4.78 is 0. The molecule has 0 spiro atoms. The highest BCUT2D eigenvalue weighted by Gasteiger charge is 2.00. The van der Waals surface area contributed by atoms with Gasteiger partial charge in [0.25, 0.3) is 5.88 Å². The van der Waals surface area contributed by atoms with E-state index in [1.165, 1.54) is 0 Å². The summed E-state index contributed by atoms with van der Waals surface area (Å²) in [4.78, 5) is 0. The number of aromatic amines is 1. The quantitative estimate of drug-likeness (QED) is 0.447. The summed E-state index contributed by atoms with van der Waals surface area (Å²) in [5.41, 5.74) is 0. The molecule has 0 aliphatic rings. The van der Waals surface area contributed by atoms with E-state index in [-0.39, 0.29) is 5.88 Å². The average molecular weight is 132 g/mol. The van der Waals surface area contributed by atoms with Crippen molar-refractivity contribution in [3.63, 3.8) is 0 Å². The van der Waals surface area contributed by atoms with Crippen LogP contribution in [0.2, 0.25) is 0 Å². The summed E-state index contributed by atoms with van der Waals surface area (Å²) in [7, 11) is 0. The Hall–Kier alpha value is -0.750. The minimum absolute atomic E-state index is 0.155. The lowest BCUT2D eigenvalue weighted by molar-refractivity contribution is 0.440. The van der Waals surface area contributed by atoms with Crippen molar-refractivity contribution in [2.45, 2.75) is 5.03 Å². The van der Waals surface area contributed by atoms with Crippen molar-refractivity contribution in [3.05, 3.63) is 0 Å². The van der Waals surface area contributed by atoms with Gasteiger partial charge in [0.2, 0.25) is 0 Å².